The van der Waals surface area contributed by atoms with E-state index in [1.807, 2.05) is 0 Å². The van der Waals surface area contributed by atoms with Crippen LogP contribution in [0.1, 0.15) is 37.0 Å². The number of Topliss-reactive ketones (excluding diaryl/α,β-unsaturated/α-hetero) is 1. The van der Waals surface area contributed by atoms with Gasteiger partial charge in [-0.2, -0.15) is 9.57 Å². The summed E-state index contributed by atoms with van der Waals surface area (Å²) in [6, 6.07) is 5.71. The number of allylic oxidation sites excluding steroid dienone is 1. The highest BCUT2D eigenvalue weighted by Crippen LogP contribution is 2.26. The summed E-state index contributed by atoms with van der Waals surface area (Å²) in [5, 5.41) is 8.92. The van der Waals surface area contributed by atoms with Gasteiger partial charge in [0.1, 0.15) is 11.6 Å². The van der Waals surface area contributed by atoms with Crippen molar-refractivity contribution in [3.8, 4) is 6.07 Å². The quantitative estimate of drug-likeness (QED) is 0.373. The van der Waals surface area contributed by atoms with Gasteiger partial charge in [0.25, 0.3) is 0 Å². The lowest BCUT2D eigenvalue weighted by Gasteiger charge is -2.29. The zero-order valence-corrected chi connectivity index (χ0v) is 18.5. The van der Waals surface area contributed by atoms with E-state index in [2.05, 4.69) is 22.9 Å². The first-order valence-corrected chi connectivity index (χ1v) is 11.2. The Morgan fingerprint density at radius 3 is 2.48 bits per heavy atom. The highest BCUT2D eigenvalue weighted by molar-refractivity contribution is 9.10. The lowest BCUT2D eigenvalue weighted by Crippen LogP contribution is -2.37. The number of piperidine rings is 1. The third-order valence-corrected chi connectivity index (χ3v) is 6.94. The molecule has 0 unspecified atom stereocenters. The van der Waals surface area contributed by atoms with E-state index in [-0.39, 0.29) is 21.7 Å². The van der Waals surface area contributed by atoms with Crippen molar-refractivity contribution < 1.29 is 22.7 Å². The molecule has 0 bridgehead atoms. The number of halogens is 1. The number of hydrogen-bond acceptors (Lipinski definition) is 7. The van der Waals surface area contributed by atoms with Crippen LogP contribution in [0.2, 0.25) is 0 Å². The van der Waals surface area contributed by atoms with Crippen molar-refractivity contribution in [3.63, 3.8) is 0 Å². The lowest BCUT2D eigenvalue weighted by molar-refractivity contribution is -0.118. The Kier molecular flexibility index (Phi) is 7.57. The predicted octanol–water partition coefficient (Wildman–Crippen LogP) is 2.35. The number of benzene rings is 1. The van der Waals surface area contributed by atoms with Gasteiger partial charge in [-0.15, -0.1) is 0 Å². The van der Waals surface area contributed by atoms with Crippen molar-refractivity contribution in [2.45, 2.75) is 31.6 Å². The summed E-state index contributed by atoms with van der Waals surface area (Å²) in [5.41, 5.74) is 5.17. The Balaban J connectivity index is 2.20. The molecule has 1 saturated heterocycles. The van der Waals surface area contributed by atoms with Crippen LogP contribution in [0.5, 0.6) is 0 Å². The van der Waals surface area contributed by atoms with Crippen LogP contribution in [0.4, 0.5) is 0 Å². The van der Waals surface area contributed by atoms with Gasteiger partial charge in [0, 0.05) is 23.3 Å². The van der Waals surface area contributed by atoms with Crippen LogP contribution in [0, 0.1) is 17.2 Å². The number of sulfonamides is 1. The van der Waals surface area contributed by atoms with Crippen LogP contribution in [0.15, 0.2) is 38.8 Å². The van der Waals surface area contributed by atoms with Crippen molar-refractivity contribution in [1.29, 1.82) is 5.26 Å². The van der Waals surface area contributed by atoms with E-state index in [0.717, 1.165) is 12.8 Å². The first kappa shape index (κ1) is 23.1. The second kappa shape index (κ2) is 9.52. The molecule has 1 aromatic carbocycles. The molecule has 1 aliphatic heterocycles. The van der Waals surface area contributed by atoms with Crippen molar-refractivity contribution in [2.75, 3.05) is 19.7 Å². The molecule has 1 heterocycles. The topological polar surface area (TPSA) is 131 Å². The highest BCUT2D eigenvalue weighted by atomic mass is 79.9. The Morgan fingerprint density at radius 2 is 1.93 bits per heavy atom. The van der Waals surface area contributed by atoms with Gasteiger partial charge in [0.15, 0.2) is 6.61 Å². The molecule has 156 valence electrons. The molecule has 0 aliphatic carbocycles. The third kappa shape index (κ3) is 5.65. The molecule has 29 heavy (non-hydrogen) atoms. The Hall–Kier alpha value is -2.22. The molecule has 8 nitrogen and oxygen atoms in total. The van der Waals surface area contributed by atoms with Crippen molar-refractivity contribution in [3.05, 3.63) is 39.5 Å². The summed E-state index contributed by atoms with van der Waals surface area (Å²) in [7, 11) is -3.76. The largest absolute Gasteiger partial charge is 0.454 e. The zero-order valence-electron chi connectivity index (χ0n) is 16.1. The van der Waals surface area contributed by atoms with E-state index < -0.39 is 28.4 Å². The maximum absolute atomic E-state index is 12.9. The molecular formula is C19H22BrN3O5S. The molecule has 0 amide bonds. The van der Waals surface area contributed by atoms with Gasteiger partial charge in [0.2, 0.25) is 15.8 Å². The summed E-state index contributed by atoms with van der Waals surface area (Å²) in [4.78, 5) is 24.2. The predicted molar refractivity (Wildman–Crippen MR) is 109 cm³/mol. The zero-order chi connectivity index (χ0) is 21.8. The average molecular weight is 484 g/mol. The Labute approximate surface area is 178 Å². The molecule has 0 radical (unpaired) electrons. The SMILES string of the molecule is C/C(N)=C(\C#N)C(=O)COC(=O)c1cc(Br)cc(S(=O)(=O)N2CCC(C)CC2)c1. The minimum absolute atomic E-state index is 0.0249. The molecule has 2 rings (SSSR count). The number of nitrogens with two attached hydrogens (primary N) is 1. The maximum Gasteiger partial charge on any atom is 0.338 e. The number of ether oxygens (including phenoxy) is 1. The van der Waals surface area contributed by atoms with E-state index in [1.165, 1.54) is 29.4 Å². The smallest absolute Gasteiger partial charge is 0.338 e. The van der Waals surface area contributed by atoms with Crippen molar-refractivity contribution >= 4 is 37.7 Å². The summed E-state index contributed by atoms with van der Waals surface area (Å²) < 4.78 is 32.6. The Bertz CT molecular complexity index is 986. The minimum atomic E-state index is -3.76. The van der Waals surface area contributed by atoms with Crippen LogP contribution < -0.4 is 5.73 Å². The van der Waals surface area contributed by atoms with E-state index in [1.54, 1.807) is 6.07 Å². The van der Waals surface area contributed by atoms with Gasteiger partial charge < -0.3 is 10.5 Å². The number of carbonyl (C=O) groups is 2. The Morgan fingerprint density at radius 1 is 1.31 bits per heavy atom. The van der Waals surface area contributed by atoms with Crippen molar-refractivity contribution in [2.24, 2.45) is 11.7 Å². The lowest BCUT2D eigenvalue weighted by atomic mass is 10.0. The normalized spacial score (nSPS) is 16.6. The first-order chi connectivity index (χ1) is 13.6. The number of nitrogens with zero attached hydrogens (tertiary/aromatic N) is 2. The van der Waals surface area contributed by atoms with E-state index in [0.29, 0.717) is 23.5 Å². The van der Waals surface area contributed by atoms with Gasteiger partial charge in [-0.05, 0) is 43.9 Å². The fourth-order valence-electron chi connectivity index (χ4n) is 2.86. The highest BCUT2D eigenvalue weighted by Gasteiger charge is 2.29. The molecule has 2 N–H and O–H groups in total. The number of carbonyl (C=O) groups excluding carboxylic acids is 2. The van der Waals surface area contributed by atoms with Crippen LogP contribution in [-0.2, 0) is 19.6 Å². The number of ketones is 1. The number of hydrogen-bond donors (Lipinski definition) is 1. The molecule has 0 spiro atoms. The summed E-state index contributed by atoms with van der Waals surface area (Å²) >= 11 is 3.22. The van der Waals surface area contributed by atoms with E-state index in [4.69, 9.17) is 15.7 Å². The monoisotopic (exact) mass is 483 g/mol. The van der Waals surface area contributed by atoms with Crippen LogP contribution in [0.3, 0.4) is 0 Å². The van der Waals surface area contributed by atoms with E-state index >= 15 is 0 Å². The minimum Gasteiger partial charge on any atom is -0.454 e. The van der Waals surface area contributed by atoms with E-state index in [9.17, 15) is 18.0 Å². The number of rotatable bonds is 6. The van der Waals surface area contributed by atoms with Crippen molar-refractivity contribution in [1.82, 2.24) is 4.31 Å². The number of esters is 1. The molecule has 10 heteroatoms. The molecule has 0 atom stereocenters. The maximum atomic E-state index is 12.9. The standard InChI is InChI=1S/C19H22BrN3O5S/c1-12-3-5-23(6-4-12)29(26,27)16-8-14(7-15(20)9-16)19(25)28-11-18(24)17(10-21)13(2)22/h7-9,12H,3-6,11,22H2,1-2H3/b17-13-. The fourth-order valence-corrected chi connectivity index (χ4v) is 5.05. The van der Waals surface area contributed by atoms with Crippen LogP contribution >= 0.6 is 15.9 Å². The second-order valence-electron chi connectivity index (χ2n) is 6.93. The average Bonchev–Trinajstić information content (AvgIpc) is 2.66. The first-order valence-electron chi connectivity index (χ1n) is 8.93. The van der Waals surface area contributed by atoms with Gasteiger partial charge >= 0.3 is 5.97 Å². The molecule has 1 aliphatic rings. The molecular weight excluding hydrogens is 462 g/mol. The molecule has 0 aromatic heterocycles. The van der Waals surface area contributed by atoms with Crippen LogP contribution in [-0.4, -0.2) is 44.2 Å². The molecule has 0 saturated carbocycles. The summed E-state index contributed by atoms with van der Waals surface area (Å²) in [5.74, 6) is -1.14. The summed E-state index contributed by atoms with van der Waals surface area (Å²) in [6.07, 6.45) is 1.55. The second-order valence-corrected chi connectivity index (χ2v) is 9.78. The van der Waals surface area contributed by atoms with Gasteiger partial charge in [-0.3, -0.25) is 4.79 Å². The van der Waals surface area contributed by atoms with Gasteiger partial charge in [-0.1, -0.05) is 22.9 Å². The number of nitriles is 1. The molecule has 1 aromatic rings. The molecule has 1 fully saturated rings. The van der Waals surface area contributed by atoms with Crippen LogP contribution in [0.25, 0.3) is 0 Å². The summed E-state index contributed by atoms with van der Waals surface area (Å²) in [6.45, 7) is 3.65. The van der Waals surface area contributed by atoms with Gasteiger partial charge in [0.05, 0.1) is 10.5 Å². The van der Waals surface area contributed by atoms with Gasteiger partial charge in [-0.25, -0.2) is 13.2 Å². The third-order valence-electron chi connectivity index (χ3n) is 4.61. The fraction of sp³-hybridized carbons (Fsp3) is 0.421.